The van der Waals surface area contributed by atoms with Gasteiger partial charge in [-0.3, -0.25) is 4.79 Å². The average molecular weight is 451 g/mol. The Balaban J connectivity index is 1.60. The quantitative estimate of drug-likeness (QED) is 0.596. The van der Waals surface area contributed by atoms with Gasteiger partial charge in [-0.25, -0.2) is 15.0 Å². The van der Waals surface area contributed by atoms with Crippen molar-refractivity contribution >= 4 is 28.5 Å². The lowest BCUT2D eigenvalue weighted by molar-refractivity contribution is 0.0991. The van der Waals surface area contributed by atoms with E-state index in [2.05, 4.69) is 39.8 Å². The summed E-state index contributed by atoms with van der Waals surface area (Å²) in [6.45, 7) is 5.52. The number of anilines is 1. The zero-order valence-corrected chi connectivity index (χ0v) is 20.1. The van der Waals surface area contributed by atoms with Crippen molar-refractivity contribution in [3.05, 3.63) is 17.7 Å². The zero-order chi connectivity index (χ0) is 22.9. The molecule has 1 amide bonds. The maximum absolute atomic E-state index is 12.0. The number of carbonyl (C=O) groups is 1. The lowest BCUT2D eigenvalue weighted by Gasteiger charge is -2.32. The minimum atomic E-state index is -0.606. The number of imidazole rings is 1. The van der Waals surface area contributed by atoms with Gasteiger partial charge in [-0.05, 0) is 81.6 Å². The van der Waals surface area contributed by atoms with Gasteiger partial charge in [-0.2, -0.15) is 0 Å². The number of carbonyl (C=O) groups excluding carboxylic acids is 1. The van der Waals surface area contributed by atoms with E-state index in [0.717, 1.165) is 36.6 Å². The molecule has 178 valence electrons. The number of fused-ring (bicyclic) bond motifs is 1. The van der Waals surface area contributed by atoms with Gasteiger partial charge >= 0.3 is 0 Å². The van der Waals surface area contributed by atoms with Crippen LogP contribution in [-0.4, -0.2) is 31.5 Å². The highest BCUT2D eigenvalue weighted by Gasteiger charge is 2.29. The largest absolute Gasteiger partial charge is 0.365 e. The molecule has 2 aromatic heterocycles. The summed E-state index contributed by atoms with van der Waals surface area (Å²) in [4.78, 5) is 26.2. The number of primary amides is 1. The lowest BCUT2D eigenvalue weighted by atomic mass is 9.80. The van der Waals surface area contributed by atoms with Crippen molar-refractivity contribution in [2.45, 2.75) is 97.1 Å². The molecule has 0 spiro atoms. The average Bonchev–Trinajstić information content (AvgIpc) is 3.13. The second kappa shape index (κ2) is 9.43. The van der Waals surface area contributed by atoms with E-state index < -0.39 is 5.91 Å². The fourth-order valence-electron chi connectivity index (χ4n) is 5.75. The molecule has 0 radical (unpaired) electrons. The molecule has 2 fully saturated rings. The summed E-state index contributed by atoms with van der Waals surface area (Å²) in [7, 11) is 0. The molecular formula is C26H38N6O. The van der Waals surface area contributed by atoms with Gasteiger partial charge in [0, 0.05) is 12.6 Å². The smallest absolute Gasteiger partial charge is 0.286 e. The zero-order valence-electron chi connectivity index (χ0n) is 20.1. The lowest BCUT2D eigenvalue weighted by Crippen LogP contribution is -2.32. The van der Waals surface area contributed by atoms with Gasteiger partial charge in [0.25, 0.3) is 5.91 Å². The Bertz CT molecular complexity index is 1040. The van der Waals surface area contributed by atoms with Gasteiger partial charge in [0.1, 0.15) is 11.3 Å². The highest BCUT2D eigenvalue weighted by molar-refractivity contribution is 5.94. The Morgan fingerprint density at radius 2 is 1.91 bits per heavy atom. The van der Waals surface area contributed by atoms with E-state index in [0.29, 0.717) is 23.3 Å². The Kier molecular flexibility index (Phi) is 6.39. The summed E-state index contributed by atoms with van der Waals surface area (Å²) in [6, 6.07) is 0.286. The third-order valence-corrected chi connectivity index (χ3v) is 8.20. The molecule has 0 bridgehead atoms. The third-order valence-electron chi connectivity index (χ3n) is 8.20. The van der Waals surface area contributed by atoms with Crippen LogP contribution >= 0.6 is 0 Å². The molecule has 7 heteroatoms. The highest BCUT2D eigenvalue weighted by Crippen LogP contribution is 2.36. The molecule has 1 atom stereocenters. The minimum Gasteiger partial charge on any atom is -0.365 e. The van der Waals surface area contributed by atoms with Crippen LogP contribution in [0.5, 0.6) is 0 Å². The normalized spacial score (nSPS) is 24.8. The number of hydrogen-bond donors (Lipinski definition) is 2. The van der Waals surface area contributed by atoms with Crippen LogP contribution in [0.3, 0.4) is 0 Å². The number of allylic oxidation sites excluding steroid dienone is 2. The Hall–Kier alpha value is -2.44. The highest BCUT2D eigenvalue weighted by atomic mass is 16.1. The molecule has 7 nitrogen and oxygen atoms in total. The van der Waals surface area contributed by atoms with Gasteiger partial charge in [-0.15, -0.1) is 0 Å². The maximum atomic E-state index is 12.0. The first kappa shape index (κ1) is 22.4. The molecule has 0 unspecified atom stereocenters. The standard InChI is InChI=1S/C26H38N6O/c1-16-11-13-18(14-12-16)15-32-21-23(28-17(2)19-9-6-10-19)29-25(22(27)33)30-24(21)31-26(32)20-7-4-3-5-8-20/h7,16-19H,3-6,8-15H2,1-2H3,(H2,27,33)(H,28,29,30)/t16?,17-,18?/m1/s1. The number of rotatable bonds is 7. The molecule has 3 aliphatic carbocycles. The van der Waals surface area contributed by atoms with E-state index in [4.69, 9.17) is 10.7 Å². The molecule has 5 rings (SSSR count). The summed E-state index contributed by atoms with van der Waals surface area (Å²) >= 11 is 0. The van der Waals surface area contributed by atoms with Crippen molar-refractivity contribution in [1.82, 2.24) is 19.5 Å². The van der Waals surface area contributed by atoms with Gasteiger partial charge in [0.2, 0.25) is 5.82 Å². The van der Waals surface area contributed by atoms with Crippen LogP contribution in [0.2, 0.25) is 0 Å². The Morgan fingerprint density at radius 1 is 1.12 bits per heavy atom. The van der Waals surface area contributed by atoms with Crippen LogP contribution < -0.4 is 11.1 Å². The molecule has 3 aliphatic rings. The molecule has 0 aromatic carbocycles. The summed E-state index contributed by atoms with van der Waals surface area (Å²) in [5.74, 6) is 3.27. The van der Waals surface area contributed by atoms with E-state index in [1.807, 2.05) is 0 Å². The van der Waals surface area contributed by atoms with E-state index in [9.17, 15) is 4.79 Å². The Morgan fingerprint density at radius 3 is 2.55 bits per heavy atom. The van der Waals surface area contributed by atoms with Crippen molar-refractivity contribution in [3.8, 4) is 0 Å². The van der Waals surface area contributed by atoms with E-state index in [-0.39, 0.29) is 11.9 Å². The summed E-state index contributed by atoms with van der Waals surface area (Å²) in [5, 5.41) is 3.64. The van der Waals surface area contributed by atoms with Crippen LogP contribution in [0.1, 0.15) is 101 Å². The minimum absolute atomic E-state index is 0.0473. The third kappa shape index (κ3) is 4.64. The predicted molar refractivity (Wildman–Crippen MR) is 132 cm³/mol. The molecule has 0 aliphatic heterocycles. The first-order chi connectivity index (χ1) is 16.0. The van der Waals surface area contributed by atoms with Crippen LogP contribution in [0.25, 0.3) is 16.7 Å². The summed E-state index contributed by atoms with van der Waals surface area (Å²) < 4.78 is 2.37. The summed E-state index contributed by atoms with van der Waals surface area (Å²) in [6.07, 6.45) is 15.8. The van der Waals surface area contributed by atoms with Gasteiger partial charge in [-0.1, -0.05) is 32.3 Å². The van der Waals surface area contributed by atoms with Crippen LogP contribution in [0.4, 0.5) is 5.82 Å². The second-order valence-corrected chi connectivity index (χ2v) is 10.7. The molecule has 3 N–H and O–H groups in total. The first-order valence-corrected chi connectivity index (χ1v) is 13.0. The molecule has 2 saturated carbocycles. The number of aromatic nitrogens is 4. The van der Waals surface area contributed by atoms with Gasteiger partial charge in [0.05, 0.1) is 0 Å². The maximum Gasteiger partial charge on any atom is 0.286 e. The van der Waals surface area contributed by atoms with Gasteiger partial charge < -0.3 is 15.6 Å². The van der Waals surface area contributed by atoms with Crippen LogP contribution in [-0.2, 0) is 6.54 Å². The monoisotopic (exact) mass is 450 g/mol. The number of amides is 1. The van der Waals surface area contributed by atoms with Crippen molar-refractivity contribution in [2.75, 3.05) is 5.32 Å². The number of nitrogens with one attached hydrogen (secondary N) is 1. The number of nitrogens with zero attached hydrogens (tertiary/aromatic N) is 4. The molecule has 33 heavy (non-hydrogen) atoms. The fourth-order valence-corrected chi connectivity index (χ4v) is 5.75. The van der Waals surface area contributed by atoms with Crippen molar-refractivity contribution in [1.29, 1.82) is 0 Å². The number of hydrogen-bond acceptors (Lipinski definition) is 5. The second-order valence-electron chi connectivity index (χ2n) is 10.7. The van der Waals surface area contributed by atoms with Crippen LogP contribution in [0.15, 0.2) is 6.08 Å². The van der Waals surface area contributed by atoms with E-state index >= 15 is 0 Å². The van der Waals surface area contributed by atoms with Crippen molar-refractivity contribution in [3.63, 3.8) is 0 Å². The summed E-state index contributed by atoms with van der Waals surface area (Å²) in [5.41, 5.74) is 8.45. The molecule has 2 aromatic rings. The topological polar surface area (TPSA) is 98.7 Å². The van der Waals surface area contributed by atoms with E-state index in [1.165, 1.54) is 63.4 Å². The molecular weight excluding hydrogens is 412 g/mol. The van der Waals surface area contributed by atoms with Crippen LogP contribution in [0, 0.1) is 17.8 Å². The SMILES string of the molecule is CC1CCC(Cn2c(C3=CCCCC3)nc3nc(C(N)=O)nc(N[C@H](C)C4CCC4)c32)CC1. The predicted octanol–water partition coefficient (Wildman–Crippen LogP) is 5.31. The fraction of sp³-hybridized carbons (Fsp3) is 0.692. The van der Waals surface area contributed by atoms with E-state index in [1.54, 1.807) is 0 Å². The molecule has 2 heterocycles. The molecule has 0 saturated heterocycles. The van der Waals surface area contributed by atoms with Gasteiger partial charge in [0.15, 0.2) is 11.5 Å². The van der Waals surface area contributed by atoms with Crippen molar-refractivity contribution in [2.24, 2.45) is 23.5 Å². The first-order valence-electron chi connectivity index (χ1n) is 13.0. The number of nitrogens with two attached hydrogens (primary N) is 1. The Labute approximate surface area is 196 Å². The van der Waals surface area contributed by atoms with Crippen molar-refractivity contribution < 1.29 is 4.79 Å².